The molecule has 4 nitrogen and oxygen atoms in total. The molecule has 1 aliphatic heterocycles. The Kier molecular flexibility index (Phi) is 4.61. The quantitative estimate of drug-likeness (QED) is 0.897. The minimum absolute atomic E-state index is 0.00223. The summed E-state index contributed by atoms with van der Waals surface area (Å²) in [6, 6.07) is 10.8. The summed E-state index contributed by atoms with van der Waals surface area (Å²) in [5.74, 6) is 2.16. The Morgan fingerprint density at radius 1 is 1.04 bits per heavy atom. The van der Waals surface area contributed by atoms with Crippen molar-refractivity contribution in [2.45, 2.75) is 50.5 Å². The lowest BCUT2D eigenvalue weighted by molar-refractivity contribution is -0.125. The minimum atomic E-state index is -2.91. The normalized spacial score (nSPS) is 36.2. The number of sulfone groups is 1. The number of hydrogen-bond acceptors (Lipinski definition) is 3. The number of amides is 1. The molecule has 2 aliphatic carbocycles. The molecule has 1 aromatic carbocycles. The molecule has 1 N–H and O–H groups in total. The molecule has 0 radical (unpaired) electrons. The van der Waals surface area contributed by atoms with Crippen molar-refractivity contribution >= 4 is 15.7 Å². The summed E-state index contributed by atoms with van der Waals surface area (Å²) in [7, 11) is -2.91. The van der Waals surface area contributed by atoms with Gasteiger partial charge in [-0.2, -0.15) is 0 Å². The van der Waals surface area contributed by atoms with Crippen LogP contribution < -0.4 is 5.32 Å². The number of carbonyl (C=O) groups excluding carboxylic acids is 1. The molecule has 3 fully saturated rings. The number of carbonyl (C=O) groups is 1. The zero-order valence-electron chi connectivity index (χ0n) is 14.6. The van der Waals surface area contributed by atoms with Gasteiger partial charge in [-0.05, 0) is 42.6 Å². The highest BCUT2D eigenvalue weighted by Crippen LogP contribution is 2.54. The van der Waals surface area contributed by atoms with Gasteiger partial charge in [-0.1, -0.05) is 43.2 Å². The second-order valence-electron chi connectivity index (χ2n) is 8.12. The van der Waals surface area contributed by atoms with Crippen LogP contribution in [0.25, 0.3) is 0 Å². The van der Waals surface area contributed by atoms with Crippen LogP contribution in [-0.2, 0) is 14.6 Å². The van der Waals surface area contributed by atoms with E-state index in [9.17, 15) is 13.2 Å². The predicted octanol–water partition coefficient (Wildman–Crippen LogP) is 2.90. The van der Waals surface area contributed by atoms with Gasteiger partial charge in [0, 0.05) is 18.4 Å². The fourth-order valence-corrected chi connectivity index (χ4v) is 7.20. The van der Waals surface area contributed by atoms with Gasteiger partial charge in [0.1, 0.15) is 0 Å². The summed E-state index contributed by atoms with van der Waals surface area (Å²) in [4.78, 5) is 12.6. The second kappa shape index (κ2) is 6.75. The molecule has 4 rings (SSSR count). The third kappa shape index (κ3) is 3.48. The highest BCUT2D eigenvalue weighted by molar-refractivity contribution is 7.91. The molecule has 0 spiro atoms. The van der Waals surface area contributed by atoms with Crippen LogP contribution in [0.2, 0.25) is 0 Å². The number of fused-ring (bicyclic) bond motifs is 1. The SMILES string of the molecule is O=C(CC1CCS(=O)(=O)C1)N[C@H]1C2CCCCC2[C@@H]1c1ccccc1. The predicted molar refractivity (Wildman–Crippen MR) is 97.9 cm³/mol. The Labute approximate surface area is 150 Å². The van der Waals surface area contributed by atoms with Crippen LogP contribution in [0.4, 0.5) is 0 Å². The maximum Gasteiger partial charge on any atom is 0.220 e. The van der Waals surface area contributed by atoms with Crippen molar-refractivity contribution in [3.8, 4) is 0 Å². The summed E-state index contributed by atoms with van der Waals surface area (Å²) in [5, 5.41) is 3.28. The van der Waals surface area contributed by atoms with Crippen LogP contribution in [0.15, 0.2) is 30.3 Å². The number of nitrogens with one attached hydrogen (secondary N) is 1. The molecule has 5 atom stereocenters. The van der Waals surface area contributed by atoms with Crippen LogP contribution >= 0.6 is 0 Å². The second-order valence-corrected chi connectivity index (χ2v) is 10.3. The maximum atomic E-state index is 12.6. The topological polar surface area (TPSA) is 63.2 Å². The van der Waals surface area contributed by atoms with Gasteiger partial charge in [0.2, 0.25) is 5.91 Å². The summed E-state index contributed by atoms with van der Waals surface area (Å²) < 4.78 is 23.2. The van der Waals surface area contributed by atoms with Crippen molar-refractivity contribution in [2.24, 2.45) is 17.8 Å². The molecule has 5 heteroatoms. The standard InChI is InChI=1S/C20H27NO3S/c22-18(12-14-10-11-25(23,24)13-14)21-20-17-9-5-4-8-16(17)19(20)15-6-2-1-3-7-15/h1-3,6-7,14,16-17,19-20H,4-5,8-13H2,(H,21,22)/t14?,16?,17?,19-,20-/m0/s1. The molecular weight excluding hydrogens is 334 g/mol. The summed E-state index contributed by atoms with van der Waals surface area (Å²) in [5.41, 5.74) is 1.33. The van der Waals surface area contributed by atoms with Gasteiger partial charge in [-0.25, -0.2) is 8.42 Å². The molecule has 25 heavy (non-hydrogen) atoms. The van der Waals surface area contributed by atoms with Crippen molar-refractivity contribution in [3.05, 3.63) is 35.9 Å². The van der Waals surface area contributed by atoms with Crippen LogP contribution in [0, 0.1) is 17.8 Å². The number of benzene rings is 1. The van der Waals surface area contributed by atoms with E-state index in [1.807, 2.05) is 6.07 Å². The van der Waals surface area contributed by atoms with Crippen LogP contribution in [-0.4, -0.2) is 31.9 Å². The van der Waals surface area contributed by atoms with Crippen molar-refractivity contribution < 1.29 is 13.2 Å². The van der Waals surface area contributed by atoms with Gasteiger partial charge < -0.3 is 5.32 Å². The van der Waals surface area contributed by atoms with E-state index in [1.54, 1.807) is 0 Å². The van der Waals surface area contributed by atoms with Gasteiger partial charge in [-0.3, -0.25) is 4.79 Å². The molecule has 1 aromatic rings. The molecule has 1 amide bonds. The van der Waals surface area contributed by atoms with Crippen LogP contribution in [0.3, 0.4) is 0 Å². The van der Waals surface area contributed by atoms with Crippen molar-refractivity contribution in [1.82, 2.24) is 5.32 Å². The lowest BCUT2D eigenvalue weighted by Gasteiger charge is -2.55. The first-order valence-corrected chi connectivity index (χ1v) is 11.4. The summed E-state index contributed by atoms with van der Waals surface area (Å²) in [6.07, 6.45) is 6.01. The monoisotopic (exact) mass is 361 g/mol. The number of hydrogen-bond donors (Lipinski definition) is 1. The van der Waals surface area contributed by atoms with Crippen LogP contribution in [0.1, 0.15) is 50.0 Å². The lowest BCUT2D eigenvalue weighted by atomic mass is 9.53. The van der Waals surface area contributed by atoms with Crippen molar-refractivity contribution in [3.63, 3.8) is 0 Å². The average molecular weight is 362 g/mol. The first kappa shape index (κ1) is 17.1. The molecule has 0 aromatic heterocycles. The molecule has 0 bridgehead atoms. The van der Waals surface area contributed by atoms with E-state index >= 15 is 0 Å². The highest BCUT2D eigenvalue weighted by Gasteiger charge is 2.51. The van der Waals surface area contributed by atoms with Gasteiger partial charge in [0.05, 0.1) is 11.5 Å². The Hall–Kier alpha value is -1.36. The van der Waals surface area contributed by atoms with Gasteiger partial charge in [-0.15, -0.1) is 0 Å². The van der Waals surface area contributed by atoms with Gasteiger partial charge >= 0.3 is 0 Å². The smallest absolute Gasteiger partial charge is 0.220 e. The van der Waals surface area contributed by atoms with E-state index in [0.29, 0.717) is 30.6 Å². The zero-order valence-corrected chi connectivity index (χ0v) is 15.4. The van der Waals surface area contributed by atoms with E-state index in [0.717, 1.165) is 0 Å². The van der Waals surface area contributed by atoms with Crippen molar-refractivity contribution in [2.75, 3.05) is 11.5 Å². The average Bonchev–Trinajstić information content (AvgIpc) is 2.92. The first-order valence-electron chi connectivity index (χ1n) is 9.58. The molecule has 3 unspecified atom stereocenters. The van der Waals surface area contributed by atoms with E-state index in [2.05, 4.69) is 29.6 Å². The molecule has 1 heterocycles. The van der Waals surface area contributed by atoms with E-state index in [-0.39, 0.29) is 29.4 Å². The Morgan fingerprint density at radius 3 is 2.44 bits per heavy atom. The molecule has 2 saturated carbocycles. The third-order valence-electron chi connectivity index (χ3n) is 6.50. The number of rotatable bonds is 4. The Bertz CT molecular complexity index is 731. The minimum Gasteiger partial charge on any atom is -0.352 e. The lowest BCUT2D eigenvalue weighted by Crippen LogP contribution is -2.59. The first-order chi connectivity index (χ1) is 12.0. The fraction of sp³-hybridized carbons (Fsp3) is 0.650. The third-order valence-corrected chi connectivity index (χ3v) is 8.33. The Balaban J connectivity index is 1.43. The van der Waals surface area contributed by atoms with Crippen LogP contribution in [0.5, 0.6) is 0 Å². The van der Waals surface area contributed by atoms with Crippen molar-refractivity contribution in [1.29, 1.82) is 0 Å². The Morgan fingerprint density at radius 2 is 1.76 bits per heavy atom. The van der Waals surface area contributed by atoms with E-state index in [4.69, 9.17) is 0 Å². The summed E-state index contributed by atoms with van der Waals surface area (Å²) in [6.45, 7) is 0. The summed E-state index contributed by atoms with van der Waals surface area (Å²) >= 11 is 0. The van der Waals surface area contributed by atoms with E-state index in [1.165, 1.54) is 31.2 Å². The molecule has 1 saturated heterocycles. The maximum absolute atomic E-state index is 12.6. The van der Waals surface area contributed by atoms with Gasteiger partial charge in [0.25, 0.3) is 0 Å². The fourth-order valence-electron chi connectivity index (χ4n) is 5.33. The van der Waals surface area contributed by atoms with E-state index < -0.39 is 9.84 Å². The molecular formula is C20H27NO3S. The molecule has 136 valence electrons. The highest BCUT2D eigenvalue weighted by atomic mass is 32.2. The van der Waals surface area contributed by atoms with Gasteiger partial charge in [0.15, 0.2) is 9.84 Å². The zero-order chi connectivity index (χ0) is 17.4. The molecule has 3 aliphatic rings. The largest absolute Gasteiger partial charge is 0.352 e.